The average molecular weight is 230 g/mol. The number of benzene rings is 1. The highest BCUT2D eigenvalue weighted by atomic mass is 16.3. The van der Waals surface area contributed by atoms with Crippen LogP contribution in [-0.2, 0) is 6.42 Å². The molecule has 3 nitrogen and oxygen atoms in total. The SMILES string of the molecule is CN(C)CCCc1ccc(-c2cocn2)cc1. The summed E-state index contributed by atoms with van der Waals surface area (Å²) in [6, 6.07) is 8.53. The predicted molar refractivity (Wildman–Crippen MR) is 68.8 cm³/mol. The van der Waals surface area contributed by atoms with E-state index in [1.807, 2.05) is 0 Å². The molecule has 1 heterocycles. The molecule has 2 aromatic rings. The standard InChI is InChI=1S/C14H18N2O/c1-16(2)9-3-4-12-5-7-13(8-6-12)14-10-17-11-15-14/h5-8,10-11H,3-4,9H2,1-2H3. The molecule has 17 heavy (non-hydrogen) atoms. The lowest BCUT2D eigenvalue weighted by Gasteiger charge is -2.08. The Kier molecular flexibility index (Phi) is 3.94. The van der Waals surface area contributed by atoms with Gasteiger partial charge in [0.25, 0.3) is 0 Å². The van der Waals surface area contributed by atoms with Crippen LogP contribution in [0.1, 0.15) is 12.0 Å². The van der Waals surface area contributed by atoms with Crippen molar-refractivity contribution in [2.45, 2.75) is 12.8 Å². The normalized spacial score (nSPS) is 11.0. The van der Waals surface area contributed by atoms with Crippen LogP contribution in [0.15, 0.2) is 41.3 Å². The van der Waals surface area contributed by atoms with Gasteiger partial charge in [0.15, 0.2) is 6.39 Å². The number of aryl methyl sites for hydroxylation is 1. The molecule has 0 aliphatic rings. The highest BCUT2D eigenvalue weighted by molar-refractivity contribution is 5.57. The molecule has 1 aromatic heterocycles. The first kappa shape index (κ1) is 11.9. The minimum Gasteiger partial charge on any atom is -0.451 e. The topological polar surface area (TPSA) is 29.3 Å². The third kappa shape index (κ3) is 3.43. The van der Waals surface area contributed by atoms with Crippen LogP contribution in [0.2, 0.25) is 0 Å². The highest BCUT2D eigenvalue weighted by Gasteiger charge is 2.00. The van der Waals surface area contributed by atoms with Crippen molar-refractivity contribution in [1.29, 1.82) is 0 Å². The second kappa shape index (κ2) is 5.64. The molecule has 0 radical (unpaired) electrons. The van der Waals surface area contributed by atoms with E-state index in [0.717, 1.165) is 24.2 Å². The summed E-state index contributed by atoms with van der Waals surface area (Å²) in [5.74, 6) is 0. The molecule has 0 unspecified atom stereocenters. The van der Waals surface area contributed by atoms with Gasteiger partial charge in [-0.25, -0.2) is 4.98 Å². The Morgan fingerprint density at radius 2 is 1.94 bits per heavy atom. The maximum atomic E-state index is 4.97. The van der Waals surface area contributed by atoms with E-state index in [1.165, 1.54) is 18.4 Å². The zero-order valence-electron chi connectivity index (χ0n) is 10.4. The van der Waals surface area contributed by atoms with Crippen molar-refractivity contribution >= 4 is 0 Å². The lowest BCUT2D eigenvalue weighted by molar-refractivity contribution is 0.400. The van der Waals surface area contributed by atoms with E-state index in [1.54, 1.807) is 6.26 Å². The molecule has 90 valence electrons. The van der Waals surface area contributed by atoms with Crippen molar-refractivity contribution in [2.24, 2.45) is 0 Å². The molecule has 0 aliphatic heterocycles. The Hall–Kier alpha value is -1.61. The van der Waals surface area contributed by atoms with Crippen LogP contribution < -0.4 is 0 Å². The van der Waals surface area contributed by atoms with Gasteiger partial charge in [0.2, 0.25) is 0 Å². The van der Waals surface area contributed by atoms with Crippen LogP contribution in [0.25, 0.3) is 11.3 Å². The Balaban J connectivity index is 1.94. The summed E-state index contributed by atoms with van der Waals surface area (Å²) in [6.07, 6.45) is 5.44. The van der Waals surface area contributed by atoms with Gasteiger partial charge in [0.1, 0.15) is 12.0 Å². The fraction of sp³-hybridized carbons (Fsp3) is 0.357. The Labute approximate surface area is 102 Å². The molecule has 0 bridgehead atoms. The van der Waals surface area contributed by atoms with Gasteiger partial charge in [-0.1, -0.05) is 24.3 Å². The lowest BCUT2D eigenvalue weighted by Crippen LogP contribution is -2.13. The van der Waals surface area contributed by atoms with E-state index in [4.69, 9.17) is 4.42 Å². The minimum atomic E-state index is 0.893. The molecule has 0 fully saturated rings. The van der Waals surface area contributed by atoms with Crippen LogP contribution in [0.4, 0.5) is 0 Å². The van der Waals surface area contributed by atoms with E-state index in [0.29, 0.717) is 0 Å². The Morgan fingerprint density at radius 1 is 1.18 bits per heavy atom. The molecule has 2 rings (SSSR count). The molecule has 0 saturated heterocycles. The number of nitrogens with zero attached hydrogens (tertiary/aromatic N) is 2. The second-order valence-electron chi connectivity index (χ2n) is 4.48. The van der Waals surface area contributed by atoms with Crippen LogP contribution in [0.5, 0.6) is 0 Å². The summed E-state index contributed by atoms with van der Waals surface area (Å²) in [6.45, 7) is 1.13. The van der Waals surface area contributed by atoms with Gasteiger partial charge < -0.3 is 9.32 Å². The van der Waals surface area contributed by atoms with Crippen LogP contribution in [-0.4, -0.2) is 30.5 Å². The molecule has 0 N–H and O–H groups in total. The molecule has 0 amide bonds. The first-order chi connectivity index (χ1) is 8.25. The van der Waals surface area contributed by atoms with E-state index >= 15 is 0 Å². The molecule has 0 spiro atoms. The van der Waals surface area contributed by atoms with Crippen molar-refractivity contribution in [1.82, 2.24) is 9.88 Å². The number of rotatable bonds is 5. The van der Waals surface area contributed by atoms with Gasteiger partial charge >= 0.3 is 0 Å². The zero-order valence-corrected chi connectivity index (χ0v) is 10.4. The van der Waals surface area contributed by atoms with Crippen molar-refractivity contribution in [3.05, 3.63) is 42.5 Å². The molecular formula is C14H18N2O. The van der Waals surface area contributed by atoms with Crippen molar-refractivity contribution in [3.8, 4) is 11.3 Å². The van der Waals surface area contributed by atoms with Crippen LogP contribution >= 0.6 is 0 Å². The molecule has 0 saturated carbocycles. The first-order valence-corrected chi connectivity index (χ1v) is 5.88. The molecule has 1 aromatic carbocycles. The van der Waals surface area contributed by atoms with Gasteiger partial charge in [-0.2, -0.15) is 0 Å². The molecular weight excluding hydrogens is 212 g/mol. The van der Waals surface area contributed by atoms with E-state index < -0.39 is 0 Å². The number of hydrogen-bond acceptors (Lipinski definition) is 3. The van der Waals surface area contributed by atoms with Crippen LogP contribution in [0.3, 0.4) is 0 Å². The summed E-state index contributed by atoms with van der Waals surface area (Å²) in [7, 11) is 4.21. The second-order valence-corrected chi connectivity index (χ2v) is 4.48. The highest BCUT2D eigenvalue weighted by Crippen LogP contribution is 2.17. The first-order valence-electron chi connectivity index (χ1n) is 5.88. The third-order valence-electron chi connectivity index (χ3n) is 2.75. The largest absolute Gasteiger partial charge is 0.451 e. The Morgan fingerprint density at radius 3 is 2.53 bits per heavy atom. The van der Waals surface area contributed by atoms with Gasteiger partial charge in [0, 0.05) is 5.56 Å². The van der Waals surface area contributed by atoms with E-state index in [9.17, 15) is 0 Å². The summed E-state index contributed by atoms with van der Waals surface area (Å²) in [5.41, 5.74) is 3.37. The predicted octanol–water partition coefficient (Wildman–Crippen LogP) is 2.84. The Bertz CT molecular complexity index is 432. The lowest BCUT2D eigenvalue weighted by atomic mass is 10.1. The zero-order chi connectivity index (χ0) is 12.1. The van der Waals surface area contributed by atoms with Gasteiger partial charge in [0.05, 0.1) is 0 Å². The number of oxazole rings is 1. The number of hydrogen-bond donors (Lipinski definition) is 0. The summed E-state index contributed by atoms with van der Waals surface area (Å²) in [5, 5.41) is 0. The maximum Gasteiger partial charge on any atom is 0.181 e. The number of aromatic nitrogens is 1. The van der Waals surface area contributed by atoms with Crippen LogP contribution in [0, 0.1) is 0 Å². The van der Waals surface area contributed by atoms with Crippen molar-refractivity contribution < 1.29 is 4.42 Å². The van der Waals surface area contributed by atoms with E-state index in [2.05, 4.69) is 48.2 Å². The van der Waals surface area contributed by atoms with Gasteiger partial charge in [-0.15, -0.1) is 0 Å². The maximum absolute atomic E-state index is 4.97. The monoisotopic (exact) mass is 230 g/mol. The minimum absolute atomic E-state index is 0.893. The third-order valence-corrected chi connectivity index (χ3v) is 2.75. The fourth-order valence-corrected chi connectivity index (χ4v) is 1.80. The molecule has 0 aliphatic carbocycles. The average Bonchev–Trinajstić information content (AvgIpc) is 2.83. The smallest absolute Gasteiger partial charge is 0.181 e. The quantitative estimate of drug-likeness (QED) is 0.791. The van der Waals surface area contributed by atoms with Crippen molar-refractivity contribution in [3.63, 3.8) is 0 Å². The van der Waals surface area contributed by atoms with Gasteiger partial charge in [-0.3, -0.25) is 0 Å². The summed E-state index contributed by atoms with van der Waals surface area (Å²) in [4.78, 5) is 6.34. The summed E-state index contributed by atoms with van der Waals surface area (Å²) < 4.78 is 4.97. The molecule has 0 atom stereocenters. The molecule has 3 heteroatoms. The summed E-state index contributed by atoms with van der Waals surface area (Å²) >= 11 is 0. The fourth-order valence-electron chi connectivity index (χ4n) is 1.80. The van der Waals surface area contributed by atoms with Gasteiger partial charge in [-0.05, 0) is 39.0 Å². The van der Waals surface area contributed by atoms with E-state index in [-0.39, 0.29) is 0 Å². The van der Waals surface area contributed by atoms with Crippen molar-refractivity contribution in [2.75, 3.05) is 20.6 Å².